The molecule has 5 heterocycles. The van der Waals surface area contributed by atoms with Crippen LogP contribution in [0.3, 0.4) is 0 Å². The van der Waals surface area contributed by atoms with Gasteiger partial charge in [-0.25, -0.2) is 4.39 Å². The van der Waals surface area contributed by atoms with E-state index in [1.807, 2.05) is 35.2 Å². The van der Waals surface area contributed by atoms with Gasteiger partial charge in [-0.15, -0.1) is 0 Å². The van der Waals surface area contributed by atoms with Crippen LogP contribution >= 0.6 is 11.6 Å². The van der Waals surface area contributed by atoms with Gasteiger partial charge in [0.15, 0.2) is 0 Å². The molecule has 4 amide bonds. The molecule has 2 unspecified atom stereocenters. The van der Waals surface area contributed by atoms with Crippen molar-refractivity contribution in [3.8, 4) is 6.07 Å². The monoisotopic (exact) mass is 822 g/mol. The minimum atomic E-state index is -0.864. The lowest BCUT2D eigenvalue weighted by molar-refractivity contribution is -0.134. The lowest BCUT2D eigenvalue weighted by Gasteiger charge is -2.40. The van der Waals surface area contributed by atoms with Crippen LogP contribution in [0.25, 0.3) is 0 Å². The molecule has 0 aromatic heterocycles. The summed E-state index contributed by atoms with van der Waals surface area (Å²) in [6.45, 7) is 10.8. The van der Waals surface area contributed by atoms with Crippen LogP contribution in [0.2, 0.25) is 5.02 Å². The SMILES string of the molecule is CC1CC2(CCN(c3ccc(C(=O)N4CCC(CN5CCN(c6ccc(C(=O)NC7CCC(=O)NC7=O)c(F)c6)CC5)CC4)cc3)CC2)CN1c1ccc(C#N)c(Cl)c1. The Morgan fingerprint density at radius 2 is 1.56 bits per heavy atom. The van der Waals surface area contributed by atoms with E-state index in [1.54, 1.807) is 6.07 Å². The Morgan fingerprint density at radius 1 is 0.881 bits per heavy atom. The summed E-state index contributed by atoms with van der Waals surface area (Å²) in [7, 11) is 0. The molecule has 0 saturated carbocycles. The number of carbonyl (C=O) groups is 4. The summed E-state index contributed by atoms with van der Waals surface area (Å²) in [6, 6.07) is 20.2. The number of hydrogen-bond acceptors (Lipinski definition) is 9. The first-order valence-corrected chi connectivity index (χ1v) is 21.4. The van der Waals surface area contributed by atoms with Crippen LogP contribution in [0.1, 0.15) is 78.1 Å². The first kappa shape index (κ1) is 40.6. The van der Waals surface area contributed by atoms with Crippen molar-refractivity contribution >= 4 is 52.3 Å². The van der Waals surface area contributed by atoms with Crippen LogP contribution < -0.4 is 25.3 Å². The summed E-state index contributed by atoms with van der Waals surface area (Å²) < 4.78 is 15.1. The van der Waals surface area contributed by atoms with Crippen molar-refractivity contribution < 1.29 is 23.6 Å². The minimum absolute atomic E-state index is 0.0934. The summed E-state index contributed by atoms with van der Waals surface area (Å²) >= 11 is 6.38. The van der Waals surface area contributed by atoms with Crippen molar-refractivity contribution in [1.29, 1.82) is 5.26 Å². The highest BCUT2D eigenvalue weighted by Crippen LogP contribution is 2.46. The zero-order valence-electron chi connectivity index (χ0n) is 33.6. The molecular weight excluding hydrogens is 771 g/mol. The number of likely N-dealkylation sites (tertiary alicyclic amines) is 1. The van der Waals surface area contributed by atoms with Crippen LogP contribution in [-0.4, -0.2) is 111 Å². The Kier molecular flexibility index (Phi) is 11.8. The van der Waals surface area contributed by atoms with Crippen LogP contribution in [0.5, 0.6) is 0 Å². The number of hydrogen-bond donors (Lipinski definition) is 2. The third-order valence-electron chi connectivity index (χ3n) is 13.4. The fourth-order valence-corrected chi connectivity index (χ4v) is 10.1. The van der Waals surface area contributed by atoms with Gasteiger partial charge in [0.05, 0.1) is 16.1 Å². The molecule has 3 aromatic carbocycles. The molecule has 0 aliphatic carbocycles. The van der Waals surface area contributed by atoms with Gasteiger partial charge in [0.25, 0.3) is 11.8 Å². The zero-order valence-corrected chi connectivity index (χ0v) is 34.4. The second-order valence-corrected chi connectivity index (χ2v) is 17.6. The zero-order chi connectivity index (χ0) is 41.3. The Morgan fingerprint density at radius 3 is 2.22 bits per heavy atom. The van der Waals surface area contributed by atoms with Crippen molar-refractivity contribution in [3.05, 3.63) is 88.2 Å². The smallest absolute Gasteiger partial charge is 0.254 e. The number of piperidine rings is 3. The van der Waals surface area contributed by atoms with Gasteiger partial charge in [0.1, 0.15) is 17.9 Å². The number of piperazine rings is 1. The molecule has 8 rings (SSSR count). The lowest BCUT2D eigenvalue weighted by atomic mass is 9.76. The molecule has 59 heavy (non-hydrogen) atoms. The predicted molar refractivity (Wildman–Crippen MR) is 225 cm³/mol. The van der Waals surface area contributed by atoms with Crippen LogP contribution in [0.15, 0.2) is 60.7 Å². The quantitative estimate of drug-likeness (QED) is 0.285. The van der Waals surface area contributed by atoms with E-state index in [1.165, 1.54) is 12.1 Å². The molecule has 0 bridgehead atoms. The van der Waals surface area contributed by atoms with Gasteiger partial charge in [-0.2, -0.15) is 5.26 Å². The van der Waals surface area contributed by atoms with E-state index in [0.717, 1.165) is 114 Å². The molecule has 310 valence electrons. The normalized spacial score (nSPS) is 22.7. The first-order chi connectivity index (χ1) is 28.5. The molecular formula is C45H52ClFN8O4. The summed E-state index contributed by atoms with van der Waals surface area (Å²) in [6.07, 6.45) is 5.59. The second-order valence-electron chi connectivity index (χ2n) is 17.2. The van der Waals surface area contributed by atoms with Gasteiger partial charge >= 0.3 is 0 Å². The Hall–Kier alpha value is -5.19. The van der Waals surface area contributed by atoms with Gasteiger partial charge in [0, 0.05) is 101 Å². The number of carbonyl (C=O) groups excluding carboxylic acids is 4. The van der Waals surface area contributed by atoms with E-state index in [4.69, 9.17) is 11.6 Å². The summed E-state index contributed by atoms with van der Waals surface area (Å²) in [5.74, 6) is -1.68. The number of nitriles is 1. The molecule has 5 saturated heterocycles. The number of anilines is 3. The van der Waals surface area contributed by atoms with E-state index in [-0.39, 0.29) is 35.6 Å². The van der Waals surface area contributed by atoms with E-state index < -0.39 is 23.7 Å². The van der Waals surface area contributed by atoms with Gasteiger partial charge in [0.2, 0.25) is 11.8 Å². The van der Waals surface area contributed by atoms with Gasteiger partial charge in [-0.05, 0) is 117 Å². The standard InChI is InChI=1S/C45H52ClFN8O4/c1-30-26-45(29-55(30)36-7-4-33(27-48)38(46)24-36)14-18-52(19-15-45)34-5-2-32(3-6-34)44(59)54-16-12-31(13-17-54)28-51-20-22-53(23-21-51)35-8-9-37(39(47)25-35)42(57)49-40-10-11-41(56)50-43(40)58/h2-9,24-25,30-31,40H,10-23,26,28-29H2,1H3,(H,49,57)(H,50,56,58). The number of rotatable bonds is 8. The van der Waals surface area contributed by atoms with Crippen molar-refractivity contribution in [1.82, 2.24) is 20.4 Å². The maximum absolute atomic E-state index is 15.1. The molecule has 5 fully saturated rings. The van der Waals surface area contributed by atoms with Crippen LogP contribution in [-0.2, 0) is 9.59 Å². The molecule has 2 atom stereocenters. The predicted octanol–water partition coefficient (Wildman–Crippen LogP) is 5.45. The van der Waals surface area contributed by atoms with Crippen molar-refractivity contribution in [2.75, 3.05) is 80.1 Å². The minimum Gasteiger partial charge on any atom is -0.371 e. The highest BCUT2D eigenvalue weighted by atomic mass is 35.5. The average molecular weight is 823 g/mol. The highest BCUT2D eigenvalue weighted by Gasteiger charge is 2.44. The molecule has 1 spiro atoms. The number of imide groups is 1. The summed E-state index contributed by atoms with van der Waals surface area (Å²) in [5, 5.41) is 14.5. The largest absolute Gasteiger partial charge is 0.371 e. The van der Waals surface area contributed by atoms with Gasteiger partial charge in [-0.3, -0.25) is 29.4 Å². The van der Waals surface area contributed by atoms with Crippen molar-refractivity contribution in [2.45, 2.75) is 64.0 Å². The van der Waals surface area contributed by atoms with Gasteiger partial charge in [-0.1, -0.05) is 11.6 Å². The number of halogens is 2. The van der Waals surface area contributed by atoms with Crippen LogP contribution in [0, 0.1) is 28.5 Å². The number of benzene rings is 3. The van der Waals surface area contributed by atoms with E-state index >= 15 is 4.39 Å². The fourth-order valence-electron chi connectivity index (χ4n) is 9.86. The number of amides is 4. The second kappa shape index (κ2) is 17.2. The Balaban J connectivity index is 0.757. The molecule has 12 nitrogen and oxygen atoms in total. The van der Waals surface area contributed by atoms with Crippen molar-refractivity contribution in [2.24, 2.45) is 11.3 Å². The molecule has 14 heteroatoms. The fraction of sp³-hybridized carbons (Fsp3) is 0.489. The van der Waals surface area contributed by atoms with Crippen LogP contribution in [0.4, 0.5) is 21.5 Å². The maximum atomic E-state index is 15.1. The summed E-state index contributed by atoms with van der Waals surface area (Å²) in [4.78, 5) is 61.1. The average Bonchev–Trinajstić information content (AvgIpc) is 3.57. The molecule has 2 N–H and O–H groups in total. The number of nitrogens with one attached hydrogen (secondary N) is 2. The Bertz CT molecular complexity index is 2120. The Labute approximate surface area is 350 Å². The topological polar surface area (TPSA) is 132 Å². The van der Waals surface area contributed by atoms with Gasteiger partial charge < -0.3 is 24.9 Å². The van der Waals surface area contributed by atoms with E-state index in [9.17, 15) is 24.4 Å². The number of nitrogens with zero attached hydrogens (tertiary/aromatic N) is 6. The third kappa shape index (κ3) is 8.89. The van der Waals surface area contributed by atoms with Crippen molar-refractivity contribution in [3.63, 3.8) is 0 Å². The molecule has 3 aromatic rings. The van der Waals surface area contributed by atoms with E-state index in [0.29, 0.717) is 28.2 Å². The molecule has 5 aliphatic rings. The van der Waals surface area contributed by atoms with E-state index in [2.05, 4.69) is 55.4 Å². The lowest BCUT2D eigenvalue weighted by Crippen LogP contribution is -2.52. The molecule has 0 radical (unpaired) electrons. The maximum Gasteiger partial charge on any atom is 0.254 e. The highest BCUT2D eigenvalue weighted by molar-refractivity contribution is 6.32. The molecule has 5 aliphatic heterocycles. The summed E-state index contributed by atoms with van der Waals surface area (Å²) in [5.41, 5.74) is 4.32. The third-order valence-corrected chi connectivity index (χ3v) is 13.7. The first-order valence-electron chi connectivity index (χ1n) is 21.0.